The summed E-state index contributed by atoms with van der Waals surface area (Å²) in [5, 5.41) is 9.16. The maximum Gasteiger partial charge on any atom is 0.161 e. The van der Waals surface area contributed by atoms with E-state index in [4.69, 9.17) is 14.9 Å². The molecule has 3 rings (SSSR count). The first kappa shape index (κ1) is 25.6. The van der Waals surface area contributed by atoms with Gasteiger partial charge in [0.15, 0.2) is 17.1 Å². The first-order valence-corrected chi connectivity index (χ1v) is 10.9. The van der Waals surface area contributed by atoms with Crippen molar-refractivity contribution in [2.75, 3.05) is 14.2 Å². The minimum Gasteiger partial charge on any atom is -0.291 e. The first-order chi connectivity index (χ1) is 15.7. The van der Waals surface area contributed by atoms with Gasteiger partial charge in [-0.05, 0) is 16.7 Å². The lowest BCUT2D eigenvalue weighted by Gasteiger charge is -2.23. The highest BCUT2D eigenvalue weighted by molar-refractivity contribution is 5.34. The lowest BCUT2D eigenvalue weighted by Crippen LogP contribution is -2.75. The molecule has 0 radical (unpaired) electrons. The lowest BCUT2D eigenvalue weighted by molar-refractivity contribution is -0.830. The molecule has 0 aliphatic rings. The maximum absolute atomic E-state index is 9.16. The number of hydrogen-bond donors (Lipinski definition) is 4. The van der Waals surface area contributed by atoms with Gasteiger partial charge in [0.25, 0.3) is 0 Å². The average molecular weight is 442 g/mol. The Morgan fingerprint density at radius 3 is 1.19 bits per heavy atom. The van der Waals surface area contributed by atoms with Crippen molar-refractivity contribution < 1.29 is 31.3 Å². The summed E-state index contributed by atoms with van der Waals surface area (Å²) in [7, 11) is 3.32. The van der Waals surface area contributed by atoms with Gasteiger partial charge < -0.3 is 0 Å². The number of rotatable bonds is 11. The van der Waals surface area contributed by atoms with Crippen LogP contribution in [0.1, 0.15) is 30.5 Å². The molecule has 0 unspecified atom stereocenters. The summed E-state index contributed by atoms with van der Waals surface area (Å²) in [6.45, 7) is 6.46. The van der Waals surface area contributed by atoms with Crippen molar-refractivity contribution in [1.29, 1.82) is 0 Å². The first-order valence-electron chi connectivity index (χ1n) is 10.9. The van der Waals surface area contributed by atoms with Gasteiger partial charge in [-0.25, -0.2) is 14.9 Å². The van der Waals surface area contributed by atoms with Crippen LogP contribution in [0.5, 0.6) is 0 Å². The van der Waals surface area contributed by atoms with E-state index in [9.17, 15) is 0 Å². The third-order valence-electron chi connectivity index (χ3n) is 4.81. The lowest BCUT2D eigenvalue weighted by atomic mass is 10.1. The predicted octanol–water partition coefficient (Wildman–Crippen LogP) is 2.01. The van der Waals surface area contributed by atoms with Gasteiger partial charge >= 0.3 is 0 Å². The van der Waals surface area contributed by atoms with Gasteiger partial charge in [-0.15, -0.1) is 0 Å². The Labute approximate surface area is 190 Å². The second-order valence-electron chi connectivity index (χ2n) is 7.21. The van der Waals surface area contributed by atoms with E-state index in [1.54, 1.807) is 25.2 Å². The largest absolute Gasteiger partial charge is 0.291 e. The van der Waals surface area contributed by atoms with Crippen molar-refractivity contribution in [2.45, 2.75) is 33.5 Å². The third-order valence-corrected chi connectivity index (χ3v) is 4.81. The molecule has 32 heavy (non-hydrogen) atoms. The van der Waals surface area contributed by atoms with E-state index < -0.39 is 0 Å². The Hall–Kier alpha value is -2.62. The third kappa shape index (κ3) is 8.49. The van der Waals surface area contributed by atoms with E-state index in [-0.39, 0.29) is 0 Å². The van der Waals surface area contributed by atoms with Crippen LogP contribution in [0.3, 0.4) is 0 Å². The number of nitrogens with two attached hydrogens (primary N) is 3. The summed E-state index contributed by atoms with van der Waals surface area (Å²) >= 11 is 0. The second kappa shape index (κ2) is 14.4. The van der Waals surface area contributed by atoms with E-state index in [1.165, 1.54) is 16.7 Å². The zero-order valence-electron chi connectivity index (χ0n) is 19.5. The highest BCUT2D eigenvalue weighted by Crippen LogP contribution is 2.16. The van der Waals surface area contributed by atoms with Crippen LogP contribution < -0.4 is 16.4 Å². The normalized spacial score (nSPS) is 10.7. The molecule has 0 amide bonds. The van der Waals surface area contributed by atoms with Gasteiger partial charge in [0.1, 0.15) is 0 Å². The van der Waals surface area contributed by atoms with Crippen molar-refractivity contribution in [3.8, 4) is 0 Å². The van der Waals surface area contributed by atoms with Crippen LogP contribution >= 0.6 is 0 Å². The van der Waals surface area contributed by atoms with Crippen LogP contribution in [-0.2, 0) is 29.3 Å². The minimum absolute atomic E-state index is 0.806. The van der Waals surface area contributed by atoms with Gasteiger partial charge in [0, 0.05) is 56.0 Å². The molecular formula is C25H37N4O3+3. The van der Waals surface area contributed by atoms with Crippen LogP contribution in [0.25, 0.3) is 0 Å². The Morgan fingerprint density at radius 1 is 0.594 bits per heavy atom. The zero-order chi connectivity index (χ0) is 23.2. The highest BCUT2D eigenvalue weighted by Gasteiger charge is 2.10. The molecule has 7 heteroatoms. The maximum atomic E-state index is 9.16. The molecule has 172 valence electrons. The second-order valence-corrected chi connectivity index (χ2v) is 7.21. The quantitative estimate of drug-likeness (QED) is 0.271. The van der Waals surface area contributed by atoms with Crippen molar-refractivity contribution >= 4 is 17.1 Å². The molecular weight excluding hydrogens is 404 g/mol. The van der Waals surface area contributed by atoms with Crippen LogP contribution in [0.4, 0.5) is 17.1 Å². The van der Waals surface area contributed by atoms with Crippen molar-refractivity contribution in [2.24, 2.45) is 0 Å². The topological polar surface area (TPSA) is 91.8 Å². The summed E-state index contributed by atoms with van der Waals surface area (Å²) in [4.78, 5) is 12.6. The van der Waals surface area contributed by atoms with E-state index in [0.29, 0.717) is 0 Å². The molecule has 7 N–H and O–H groups in total. The monoisotopic (exact) mass is 441 g/mol. The number of quaternary nitrogens is 3. The van der Waals surface area contributed by atoms with E-state index in [0.717, 1.165) is 42.2 Å². The van der Waals surface area contributed by atoms with Gasteiger partial charge in [0.2, 0.25) is 0 Å². The molecule has 0 aromatic heterocycles. The minimum atomic E-state index is 0.806. The Kier molecular flexibility index (Phi) is 11.6. The molecule has 0 heterocycles. The van der Waals surface area contributed by atoms with Gasteiger partial charge in [-0.3, -0.25) is 4.90 Å². The Morgan fingerprint density at radius 2 is 0.906 bits per heavy atom. The fraction of sp³-hybridized carbons (Fsp3) is 0.280. The molecule has 7 nitrogen and oxygen atoms in total. The molecule has 0 saturated carbocycles. The molecule has 0 bridgehead atoms. The van der Waals surface area contributed by atoms with E-state index in [1.807, 2.05) is 26.0 Å². The summed E-state index contributed by atoms with van der Waals surface area (Å²) in [5.41, 5.74) is 11.2. The van der Waals surface area contributed by atoms with E-state index in [2.05, 4.69) is 65.6 Å². The Bertz CT molecular complexity index is 833. The predicted molar refractivity (Wildman–Crippen MR) is 124 cm³/mol. The van der Waals surface area contributed by atoms with Crippen LogP contribution in [0, 0.1) is 0 Å². The van der Waals surface area contributed by atoms with Gasteiger partial charge in [0.05, 0.1) is 14.2 Å². The average Bonchev–Trinajstić information content (AvgIpc) is 2.84. The van der Waals surface area contributed by atoms with Crippen molar-refractivity contribution in [1.82, 2.24) is 4.90 Å². The molecule has 0 fully saturated rings. The van der Waals surface area contributed by atoms with E-state index >= 15 is 0 Å². The summed E-state index contributed by atoms with van der Waals surface area (Å²) in [6.07, 6.45) is 0. The van der Waals surface area contributed by atoms with Crippen LogP contribution in [0.2, 0.25) is 0 Å². The number of benzene rings is 3. The standard InChI is InChI=1S/C23H28N4O3.C2H6/c1-29-25-22-11-5-19(6-12-22)16-27(15-18-3-9-21(24-28)10-4-18)17-20-7-13-23(14-8-20)26-30-2;1-2/h3-14,24-26,28H,15-17H2,1-2H3;1-2H3/p+3. The zero-order valence-corrected chi connectivity index (χ0v) is 19.5. The summed E-state index contributed by atoms with van der Waals surface area (Å²) < 4.78 is 0. The molecule has 0 spiro atoms. The highest BCUT2D eigenvalue weighted by atomic mass is 16.6. The van der Waals surface area contributed by atoms with Crippen molar-refractivity contribution in [3.63, 3.8) is 0 Å². The molecule has 0 aliphatic carbocycles. The SMILES string of the molecule is CC.CO[NH2+]c1ccc(CN(Cc2ccc([NH2+]O)cc2)Cc2ccc([NH2+]OC)cc2)cc1. The molecule has 0 saturated heterocycles. The molecule has 0 atom stereocenters. The van der Waals surface area contributed by atoms with Gasteiger partial charge in [-0.1, -0.05) is 50.2 Å². The number of hydrogen-bond acceptors (Lipinski definition) is 4. The van der Waals surface area contributed by atoms with Crippen molar-refractivity contribution in [3.05, 3.63) is 89.5 Å². The molecule has 3 aromatic rings. The van der Waals surface area contributed by atoms with Crippen LogP contribution in [-0.4, -0.2) is 24.3 Å². The number of nitrogens with zero attached hydrogens (tertiary/aromatic N) is 1. The smallest absolute Gasteiger partial charge is 0.161 e. The summed E-state index contributed by atoms with van der Waals surface area (Å²) in [6, 6.07) is 24.8. The fourth-order valence-electron chi connectivity index (χ4n) is 3.33. The summed E-state index contributed by atoms with van der Waals surface area (Å²) in [5.74, 6) is 0. The molecule has 3 aromatic carbocycles. The molecule has 0 aliphatic heterocycles. The van der Waals surface area contributed by atoms with Crippen LogP contribution in [0.15, 0.2) is 72.8 Å². The Balaban J connectivity index is 0.00000176. The fourth-order valence-corrected chi connectivity index (χ4v) is 3.33. The van der Waals surface area contributed by atoms with Gasteiger partial charge in [-0.2, -0.15) is 16.4 Å².